The Morgan fingerprint density at radius 3 is 2.70 bits per heavy atom. The second-order valence-corrected chi connectivity index (χ2v) is 6.97. The Hall–Kier alpha value is -2.96. The van der Waals surface area contributed by atoms with Crippen LogP contribution in [0.2, 0.25) is 5.02 Å². The summed E-state index contributed by atoms with van der Waals surface area (Å²) >= 11 is 6.49. The Labute approximate surface area is 160 Å². The topological polar surface area (TPSA) is 75.9 Å². The molecule has 0 amide bonds. The van der Waals surface area contributed by atoms with Gasteiger partial charge < -0.3 is 10.4 Å². The third-order valence-corrected chi connectivity index (χ3v) is 5.39. The van der Waals surface area contributed by atoms with Crippen LogP contribution in [-0.2, 0) is 0 Å². The largest absolute Gasteiger partial charge is 0.386 e. The van der Waals surface area contributed by atoms with Crippen molar-refractivity contribution in [1.29, 1.82) is 0 Å². The molecule has 1 aliphatic heterocycles. The Morgan fingerprint density at radius 1 is 1.00 bits per heavy atom. The number of nitrogens with zero attached hydrogens (tertiary/aromatic N) is 4. The van der Waals surface area contributed by atoms with Crippen molar-refractivity contribution in [2.75, 3.05) is 5.32 Å². The summed E-state index contributed by atoms with van der Waals surface area (Å²) in [5.74, 6) is 0. The van der Waals surface area contributed by atoms with Crippen molar-refractivity contribution < 1.29 is 5.11 Å². The molecule has 0 unspecified atom stereocenters. The number of fused-ring (bicyclic) bond motifs is 2. The van der Waals surface area contributed by atoms with E-state index in [9.17, 15) is 5.11 Å². The van der Waals surface area contributed by atoms with E-state index in [1.807, 2.05) is 54.6 Å². The molecule has 4 aromatic rings. The normalized spacial score (nSPS) is 21.6. The van der Waals surface area contributed by atoms with Crippen LogP contribution in [0, 0.1) is 0 Å². The summed E-state index contributed by atoms with van der Waals surface area (Å²) in [4.78, 5) is 4.18. The van der Waals surface area contributed by atoms with Gasteiger partial charge in [-0.25, -0.2) is 4.68 Å². The zero-order chi connectivity index (χ0) is 18.4. The Balaban J connectivity index is 1.73. The van der Waals surface area contributed by atoms with Gasteiger partial charge in [-0.15, -0.1) is 5.10 Å². The molecule has 7 heteroatoms. The molecule has 5 rings (SSSR count). The molecule has 0 saturated carbocycles. The summed E-state index contributed by atoms with van der Waals surface area (Å²) in [6.45, 7) is 0. The molecule has 1 aliphatic rings. The van der Waals surface area contributed by atoms with E-state index in [1.54, 1.807) is 17.1 Å². The van der Waals surface area contributed by atoms with E-state index in [1.165, 1.54) is 0 Å². The van der Waals surface area contributed by atoms with Crippen molar-refractivity contribution >= 4 is 28.3 Å². The first-order valence-corrected chi connectivity index (χ1v) is 9.05. The van der Waals surface area contributed by atoms with E-state index in [0.717, 1.165) is 27.8 Å². The number of nitrogens with one attached hydrogen (secondary N) is 1. The van der Waals surface area contributed by atoms with E-state index < -0.39 is 12.1 Å². The number of benzene rings is 2. The molecule has 2 aromatic carbocycles. The lowest BCUT2D eigenvalue weighted by molar-refractivity contribution is 0.0906. The van der Waals surface area contributed by atoms with Crippen molar-refractivity contribution in [3.8, 4) is 0 Å². The van der Waals surface area contributed by atoms with Gasteiger partial charge in [0.05, 0.1) is 23.4 Å². The molecular formula is C20H16ClN5O. The Morgan fingerprint density at radius 2 is 1.81 bits per heavy atom. The summed E-state index contributed by atoms with van der Waals surface area (Å²) in [5.41, 5.74) is 4.09. The van der Waals surface area contributed by atoms with Crippen LogP contribution in [0.25, 0.3) is 11.0 Å². The molecule has 2 aromatic heterocycles. The maximum absolute atomic E-state index is 11.3. The number of hydrogen-bond donors (Lipinski definition) is 2. The maximum Gasteiger partial charge on any atom is 0.113 e. The van der Waals surface area contributed by atoms with E-state index >= 15 is 0 Å². The molecule has 6 nitrogen and oxygen atoms in total. The zero-order valence-corrected chi connectivity index (χ0v) is 15.0. The molecule has 0 bridgehead atoms. The lowest BCUT2D eigenvalue weighted by Crippen LogP contribution is -2.34. The van der Waals surface area contributed by atoms with E-state index in [0.29, 0.717) is 5.02 Å². The van der Waals surface area contributed by atoms with Crippen LogP contribution in [0.1, 0.15) is 29.3 Å². The van der Waals surface area contributed by atoms with Gasteiger partial charge in [-0.1, -0.05) is 47.1 Å². The van der Waals surface area contributed by atoms with Crippen molar-refractivity contribution in [3.05, 3.63) is 83.1 Å². The van der Waals surface area contributed by atoms with Gasteiger partial charge in [0.15, 0.2) is 0 Å². The first-order valence-electron chi connectivity index (χ1n) is 8.67. The summed E-state index contributed by atoms with van der Waals surface area (Å²) in [6, 6.07) is 16.4. The Bertz CT molecular complexity index is 1130. The number of halogens is 1. The fraction of sp³-hybridized carbons (Fsp3) is 0.150. The number of aromatic nitrogens is 4. The lowest BCUT2D eigenvalue weighted by Gasteiger charge is -2.38. The van der Waals surface area contributed by atoms with Crippen LogP contribution < -0.4 is 5.32 Å². The smallest absolute Gasteiger partial charge is 0.113 e. The molecule has 0 fully saturated rings. The van der Waals surface area contributed by atoms with Crippen LogP contribution >= 0.6 is 11.6 Å². The van der Waals surface area contributed by atoms with Gasteiger partial charge in [0.2, 0.25) is 0 Å². The molecular weight excluding hydrogens is 362 g/mol. The van der Waals surface area contributed by atoms with Gasteiger partial charge in [0.1, 0.15) is 17.7 Å². The van der Waals surface area contributed by atoms with Gasteiger partial charge in [0, 0.05) is 16.8 Å². The van der Waals surface area contributed by atoms with Crippen molar-refractivity contribution in [2.45, 2.75) is 18.2 Å². The number of para-hydroxylation sites is 1. The molecule has 27 heavy (non-hydrogen) atoms. The van der Waals surface area contributed by atoms with Crippen LogP contribution in [-0.4, -0.2) is 25.1 Å². The van der Waals surface area contributed by atoms with Gasteiger partial charge in [-0.05, 0) is 29.8 Å². The second kappa shape index (κ2) is 6.33. The maximum atomic E-state index is 11.3. The quantitative estimate of drug-likeness (QED) is 0.553. The van der Waals surface area contributed by atoms with E-state index in [4.69, 9.17) is 11.6 Å². The minimum absolute atomic E-state index is 0.296. The number of rotatable bonds is 2. The highest BCUT2D eigenvalue weighted by Crippen LogP contribution is 2.47. The van der Waals surface area contributed by atoms with Crippen LogP contribution in [0.4, 0.5) is 5.69 Å². The predicted molar refractivity (Wildman–Crippen MR) is 104 cm³/mol. The molecule has 0 radical (unpaired) electrons. The molecule has 3 atom stereocenters. The fourth-order valence-electron chi connectivity index (χ4n) is 3.77. The molecule has 0 saturated heterocycles. The van der Waals surface area contributed by atoms with Crippen LogP contribution in [0.3, 0.4) is 0 Å². The number of aliphatic hydroxyl groups is 1. The summed E-state index contributed by atoms with van der Waals surface area (Å²) in [7, 11) is 0. The number of anilines is 1. The van der Waals surface area contributed by atoms with Gasteiger partial charge in [-0.3, -0.25) is 4.98 Å². The van der Waals surface area contributed by atoms with Crippen molar-refractivity contribution in [3.63, 3.8) is 0 Å². The molecule has 0 aliphatic carbocycles. The summed E-state index contributed by atoms with van der Waals surface area (Å²) < 4.78 is 1.78. The lowest BCUT2D eigenvalue weighted by atomic mass is 9.87. The van der Waals surface area contributed by atoms with E-state index in [-0.39, 0.29) is 6.04 Å². The van der Waals surface area contributed by atoms with E-state index in [2.05, 4.69) is 20.6 Å². The standard InChI is InChI=1S/C20H16ClN5O/c21-14-6-2-1-5-12(14)18-19(20(27)13-9-10-22-11-16(13)23-18)26-17-8-4-3-7-15(17)24-25-26/h1-11,18-20,23,27H/t18-,19-,20-/m1/s1. The molecule has 2 N–H and O–H groups in total. The van der Waals surface area contributed by atoms with Gasteiger partial charge in [0.25, 0.3) is 0 Å². The molecule has 0 spiro atoms. The number of pyridine rings is 1. The van der Waals surface area contributed by atoms with Gasteiger partial charge >= 0.3 is 0 Å². The third-order valence-electron chi connectivity index (χ3n) is 5.05. The average Bonchev–Trinajstić information content (AvgIpc) is 3.12. The predicted octanol–water partition coefficient (Wildman–Crippen LogP) is 3.92. The van der Waals surface area contributed by atoms with Gasteiger partial charge in [-0.2, -0.15) is 0 Å². The highest BCUT2D eigenvalue weighted by Gasteiger charge is 2.40. The van der Waals surface area contributed by atoms with Crippen LogP contribution in [0.15, 0.2) is 67.0 Å². The Kier molecular flexibility index (Phi) is 3.81. The minimum atomic E-state index is -0.796. The second-order valence-electron chi connectivity index (χ2n) is 6.56. The fourth-order valence-corrected chi connectivity index (χ4v) is 4.03. The first kappa shape index (κ1) is 16.2. The minimum Gasteiger partial charge on any atom is -0.386 e. The van der Waals surface area contributed by atoms with Crippen molar-refractivity contribution in [1.82, 2.24) is 20.0 Å². The molecule has 134 valence electrons. The average molecular weight is 378 g/mol. The monoisotopic (exact) mass is 377 g/mol. The SMILES string of the molecule is O[C@@H]1c2ccncc2N[C@H](c2ccccc2Cl)[C@H]1n1nnc2ccccc21. The van der Waals surface area contributed by atoms with Crippen molar-refractivity contribution in [2.24, 2.45) is 0 Å². The first-order chi connectivity index (χ1) is 13.2. The molecule has 3 heterocycles. The number of hydrogen-bond acceptors (Lipinski definition) is 5. The number of aliphatic hydroxyl groups excluding tert-OH is 1. The van der Waals surface area contributed by atoms with Crippen LogP contribution in [0.5, 0.6) is 0 Å². The zero-order valence-electron chi connectivity index (χ0n) is 14.2. The summed E-state index contributed by atoms with van der Waals surface area (Å²) in [5, 5.41) is 24.0. The highest BCUT2D eigenvalue weighted by molar-refractivity contribution is 6.31. The third kappa shape index (κ3) is 2.57. The highest BCUT2D eigenvalue weighted by atomic mass is 35.5. The summed E-state index contributed by atoms with van der Waals surface area (Å²) in [6.07, 6.45) is 2.60.